The van der Waals surface area contributed by atoms with E-state index in [1.807, 2.05) is 30.3 Å². The Labute approximate surface area is 152 Å². The van der Waals surface area contributed by atoms with Crippen LogP contribution in [0.25, 0.3) is 0 Å². The Kier molecular flexibility index (Phi) is 9.32. The second-order valence-electron chi connectivity index (χ2n) is 7.31. The fourth-order valence-electron chi connectivity index (χ4n) is 3.60. The third-order valence-corrected chi connectivity index (χ3v) is 5.15. The van der Waals surface area contributed by atoms with Crippen molar-refractivity contribution in [2.75, 3.05) is 0 Å². The third-order valence-electron chi connectivity index (χ3n) is 5.15. The quantitative estimate of drug-likeness (QED) is 0.724. The minimum atomic E-state index is 0.0291. The highest BCUT2D eigenvalue weighted by Crippen LogP contribution is 2.17. The van der Waals surface area contributed by atoms with Crippen LogP contribution in [0, 0.1) is 0 Å². The summed E-state index contributed by atoms with van der Waals surface area (Å²) in [6.07, 6.45) is 14.5. The Morgan fingerprint density at radius 2 is 1.28 bits per heavy atom. The Bertz CT molecular complexity index is 500. The van der Waals surface area contributed by atoms with Crippen molar-refractivity contribution in [3.63, 3.8) is 0 Å². The first kappa shape index (κ1) is 19.7. The number of carbonyl (C=O) groups is 2. The summed E-state index contributed by atoms with van der Waals surface area (Å²) in [6.45, 7) is 0. The largest absolute Gasteiger partial charge is 0.353 e. The lowest BCUT2D eigenvalue weighted by Gasteiger charge is -2.19. The molecule has 0 heterocycles. The summed E-state index contributed by atoms with van der Waals surface area (Å²) >= 11 is 0. The molecule has 0 saturated heterocycles. The molecule has 1 aromatic carbocycles. The van der Waals surface area contributed by atoms with Crippen molar-refractivity contribution in [3.05, 3.63) is 35.9 Å². The molecule has 1 aliphatic rings. The molecule has 3 heteroatoms. The van der Waals surface area contributed by atoms with Crippen LogP contribution in [0.3, 0.4) is 0 Å². The van der Waals surface area contributed by atoms with Crippen LogP contribution < -0.4 is 5.32 Å². The number of hydrogen-bond acceptors (Lipinski definition) is 2. The number of Topliss-reactive ketones (excluding diaryl/α,β-unsaturated/α-hetero) is 1. The van der Waals surface area contributed by atoms with Gasteiger partial charge in [-0.05, 0) is 12.8 Å². The van der Waals surface area contributed by atoms with Crippen molar-refractivity contribution in [2.24, 2.45) is 0 Å². The monoisotopic (exact) mass is 343 g/mol. The van der Waals surface area contributed by atoms with Crippen LogP contribution in [0.15, 0.2) is 30.3 Å². The maximum atomic E-state index is 12.3. The van der Waals surface area contributed by atoms with E-state index in [2.05, 4.69) is 5.32 Å². The molecule has 3 nitrogen and oxygen atoms in total. The van der Waals surface area contributed by atoms with Gasteiger partial charge in [0.1, 0.15) is 0 Å². The Balaban J connectivity index is 1.73. The summed E-state index contributed by atoms with van der Waals surface area (Å²) in [5.74, 6) is 0.0795. The molecular formula is C22H33NO2. The van der Waals surface area contributed by atoms with Gasteiger partial charge >= 0.3 is 0 Å². The lowest BCUT2D eigenvalue weighted by molar-refractivity contribution is -0.121. The molecular weight excluding hydrogens is 310 g/mol. The maximum absolute atomic E-state index is 12.3. The van der Waals surface area contributed by atoms with Gasteiger partial charge in [-0.15, -0.1) is 0 Å². The predicted octanol–water partition coefficient (Wildman–Crippen LogP) is 5.44. The number of ketones is 1. The van der Waals surface area contributed by atoms with Gasteiger partial charge in [0, 0.05) is 24.4 Å². The molecule has 2 rings (SSSR count). The van der Waals surface area contributed by atoms with Crippen LogP contribution in [0.4, 0.5) is 0 Å². The van der Waals surface area contributed by atoms with Gasteiger partial charge in [-0.2, -0.15) is 0 Å². The molecule has 0 unspecified atom stereocenters. The van der Waals surface area contributed by atoms with Crippen LogP contribution in [0.5, 0.6) is 0 Å². The molecule has 1 aromatic rings. The predicted molar refractivity (Wildman–Crippen MR) is 103 cm³/mol. The maximum Gasteiger partial charge on any atom is 0.220 e. The van der Waals surface area contributed by atoms with Crippen molar-refractivity contribution in [2.45, 2.75) is 89.5 Å². The van der Waals surface area contributed by atoms with Crippen molar-refractivity contribution in [3.8, 4) is 0 Å². The second-order valence-corrected chi connectivity index (χ2v) is 7.31. The molecule has 1 fully saturated rings. The molecule has 25 heavy (non-hydrogen) atoms. The first-order valence-electron chi connectivity index (χ1n) is 10.1. The fourth-order valence-corrected chi connectivity index (χ4v) is 3.60. The van der Waals surface area contributed by atoms with Gasteiger partial charge < -0.3 is 5.32 Å². The van der Waals surface area contributed by atoms with Crippen LogP contribution in [-0.4, -0.2) is 17.7 Å². The van der Waals surface area contributed by atoms with Crippen LogP contribution in [-0.2, 0) is 4.79 Å². The summed E-state index contributed by atoms with van der Waals surface area (Å²) in [7, 11) is 0. The topological polar surface area (TPSA) is 46.2 Å². The van der Waals surface area contributed by atoms with Gasteiger partial charge in [0.05, 0.1) is 0 Å². The zero-order chi connectivity index (χ0) is 17.7. The normalized spacial score (nSPS) is 17.9. The van der Waals surface area contributed by atoms with E-state index < -0.39 is 0 Å². The minimum absolute atomic E-state index is 0.0291. The Morgan fingerprint density at radius 1 is 0.760 bits per heavy atom. The van der Waals surface area contributed by atoms with Gasteiger partial charge in [0.15, 0.2) is 5.78 Å². The Morgan fingerprint density at radius 3 is 1.84 bits per heavy atom. The summed E-state index contributed by atoms with van der Waals surface area (Å²) in [6, 6.07) is 9.53. The Hall–Kier alpha value is -1.64. The van der Waals surface area contributed by atoms with E-state index in [1.165, 1.54) is 57.8 Å². The van der Waals surface area contributed by atoms with Crippen molar-refractivity contribution < 1.29 is 9.59 Å². The van der Waals surface area contributed by atoms with E-state index in [0.717, 1.165) is 12.8 Å². The SMILES string of the molecule is O=C(CCC(=O)c1ccccc1)NC1CCCCCCCCCCC1. The highest BCUT2D eigenvalue weighted by Gasteiger charge is 2.14. The number of benzene rings is 1. The molecule has 1 aliphatic carbocycles. The summed E-state index contributed by atoms with van der Waals surface area (Å²) < 4.78 is 0. The highest BCUT2D eigenvalue weighted by atomic mass is 16.2. The van der Waals surface area contributed by atoms with Gasteiger partial charge in [-0.1, -0.05) is 88.1 Å². The first-order chi connectivity index (χ1) is 12.3. The molecule has 0 spiro atoms. The van der Waals surface area contributed by atoms with Gasteiger partial charge in [-0.25, -0.2) is 0 Å². The van der Waals surface area contributed by atoms with Crippen LogP contribution >= 0.6 is 0 Å². The highest BCUT2D eigenvalue weighted by molar-refractivity contribution is 5.97. The van der Waals surface area contributed by atoms with Crippen molar-refractivity contribution in [1.82, 2.24) is 5.32 Å². The molecule has 0 bridgehead atoms. The molecule has 1 amide bonds. The van der Waals surface area contributed by atoms with E-state index in [-0.39, 0.29) is 11.7 Å². The number of rotatable bonds is 5. The number of nitrogens with one attached hydrogen (secondary N) is 1. The standard InChI is InChI=1S/C22H33NO2/c24-21(19-13-9-8-10-14-19)17-18-22(25)23-20-15-11-6-4-2-1-3-5-7-12-16-20/h8-10,13-14,20H,1-7,11-12,15-18H2,(H,23,25). The molecule has 0 aliphatic heterocycles. The number of carbonyl (C=O) groups excluding carboxylic acids is 2. The van der Waals surface area contributed by atoms with E-state index in [9.17, 15) is 9.59 Å². The van der Waals surface area contributed by atoms with E-state index in [4.69, 9.17) is 0 Å². The fraction of sp³-hybridized carbons (Fsp3) is 0.636. The minimum Gasteiger partial charge on any atom is -0.353 e. The van der Waals surface area contributed by atoms with E-state index in [1.54, 1.807) is 0 Å². The lowest BCUT2D eigenvalue weighted by Crippen LogP contribution is -2.35. The average molecular weight is 344 g/mol. The number of hydrogen-bond donors (Lipinski definition) is 1. The van der Waals surface area contributed by atoms with Gasteiger partial charge in [-0.3, -0.25) is 9.59 Å². The third kappa shape index (κ3) is 8.33. The summed E-state index contributed by atoms with van der Waals surface area (Å²) in [5.41, 5.74) is 0.696. The summed E-state index contributed by atoms with van der Waals surface area (Å²) in [4.78, 5) is 24.4. The molecule has 1 N–H and O–H groups in total. The summed E-state index contributed by atoms with van der Waals surface area (Å²) in [5, 5.41) is 3.19. The van der Waals surface area contributed by atoms with E-state index >= 15 is 0 Å². The van der Waals surface area contributed by atoms with Crippen LogP contribution in [0.1, 0.15) is 93.8 Å². The van der Waals surface area contributed by atoms with Gasteiger partial charge in [0.25, 0.3) is 0 Å². The second kappa shape index (κ2) is 11.8. The van der Waals surface area contributed by atoms with Crippen molar-refractivity contribution >= 4 is 11.7 Å². The number of amides is 1. The molecule has 138 valence electrons. The smallest absolute Gasteiger partial charge is 0.220 e. The van der Waals surface area contributed by atoms with Gasteiger partial charge in [0.2, 0.25) is 5.91 Å². The molecule has 0 aromatic heterocycles. The molecule has 0 atom stereocenters. The first-order valence-corrected chi connectivity index (χ1v) is 10.1. The van der Waals surface area contributed by atoms with Crippen molar-refractivity contribution in [1.29, 1.82) is 0 Å². The molecule has 1 saturated carbocycles. The zero-order valence-electron chi connectivity index (χ0n) is 15.5. The zero-order valence-corrected chi connectivity index (χ0v) is 15.5. The average Bonchev–Trinajstić information content (AvgIpc) is 2.62. The van der Waals surface area contributed by atoms with E-state index in [0.29, 0.717) is 24.4 Å². The van der Waals surface area contributed by atoms with Crippen LogP contribution in [0.2, 0.25) is 0 Å². The lowest BCUT2D eigenvalue weighted by atomic mass is 9.97. The molecule has 0 radical (unpaired) electrons.